The minimum absolute atomic E-state index is 0.145. The lowest BCUT2D eigenvalue weighted by atomic mass is 10.1. The summed E-state index contributed by atoms with van der Waals surface area (Å²) in [7, 11) is 3.14. The first-order valence-corrected chi connectivity index (χ1v) is 9.37. The molecule has 2 N–H and O–H groups in total. The predicted molar refractivity (Wildman–Crippen MR) is 113 cm³/mol. The molecule has 160 valence electrons. The van der Waals surface area contributed by atoms with E-state index in [0.717, 1.165) is 5.56 Å². The molecule has 0 aliphatic rings. The third-order valence-electron chi connectivity index (χ3n) is 4.24. The zero-order valence-corrected chi connectivity index (χ0v) is 17.5. The Morgan fingerprint density at radius 1 is 0.900 bits per heavy atom. The van der Waals surface area contributed by atoms with Crippen molar-refractivity contribution >= 4 is 23.3 Å². The van der Waals surface area contributed by atoms with Gasteiger partial charge in [-0.15, -0.1) is 0 Å². The maximum Gasteiger partial charge on any atom is 0.257 e. The quantitative estimate of drug-likeness (QED) is 0.580. The van der Waals surface area contributed by atoms with Gasteiger partial charge in [-0.2, -0.15) is 0 Å². The van der Waals surface area contributed by atoms with E-state index in [4.69, 9.17) is 14.2 Å². The van der Waals surface area contributed by atoms with Crippen LogP contribution in [0.1, 0.15) is 29.8 Å². The van der Waals surface area contributed by atoms with Crippen molar-refractivity contribution in [1.29, 1.82) is 0 Å². The van der Waals surface area contributed by atoms with Crippen molar-refractivity contribution in [2.75, 3.05) is 32.7 Å². The SMILES string of the molecule is COc1ccc(CCNC(=O)COc2cc(C(C)=O)ccc2NC(C)=O)cc1OC. The van der Waals surface area contributed by atoms with Crippen LogP contribution in [-0.4, -0.2) is 45.0 Å². The Hall–Kier alpha value is -3.55. The molecule has 8 nitrogen and oxygen atoms in total. The third-order valence-corrected chi connectivity index (χ3v) is 4.24. The van der Waals surface area contributed by atoms with Gasteiger partial charge in [0.25, 0.3) is 5.91 Å². The van der Waals surface area contributed by atoms with E-state index in [9.17, 15) is 14.4 Å². The second kappa shape index (κ2) is 10.8. The van der Waals surface area contributed by atoms with Crippen molar-refractivity contribution in [3.05, 3.63) is 47.5 Å². The second-order valence-electron chi connectivity index (χ2n) is 6.53. The highest BCUT2D eigenvalue weighted by atomic mass is 16.5. The number of Topliss-reactive ketones (excluding diaryl/α,β-unsaturated/α-hetero) is 1. The van der Waals surface area contributed by atoms with E-state index in [1.54, 1.807) is 26.4 Å². The molecule has 0 bridgehead atoms. The van der Waals surface area contributed by atoms with Crippen molar-refractivity contribution in [1.82, 2.24) is 5.32 Å². The molecule has 0 aliphatic heterocycles. The van der Waals surface area contributed by atoms with Crippen LogP contribution in [0.25, 0.3) is 0 Å². The van der Waals surface area contributed by atoms with Gasteiger partial charge in [0.15, 0.2) is 23.9 Å². The minimum Gasteiger partial charge on any atom is -0.493 e. The number of nitrogens with one attached hydrogen (secondary N) is 2. The number of methoxy groups -OCH3 is 2. The molecule has 0 unspecified atom stereocenters. The van der Waals surface area contributed by atoms with E-state index in [0.29, 0.717) is 35.7 Å². The normalized spacial score (nSPS) is 10.1. The van der Waals surface area contributed by atoms with Crippen LogP contribution in [0.4, 0.5) is 5.69 Å². The van der Waals surface area contributed by atoms with Gasteiger partial charge in [-0.25, -0.2) is 0 Å². The van der Waals surface area contributed by atoms with Gasteiger partial charge in [0.1, 0.15) is 5.75 Å². The Kier molecular flexibility index (Phi) is 8.22. The molecule has 0 radical (unpaired) electrons. The molecular weight excluding hydrogens is 388 g/mol. The number of carbonyl (C=O) groups excluding carboxylic acids is 3. The van der Waals surface area contributed by atoms with Crippen LogP contribution in [0.5, 0.6) is 17.2 Å². The molecule has 0 heterocycles. The molecule has 2 aromatic rings. The molecular formula is C22H26N2O6. The summed E-state index contributed by atoms with van der Waals surface area (Å²) in [6.07, 6.45) is 0.600. The fourth-order valence-corrected chi connectivity index (χ4v) is 2.73. The first kappa shape index (κ1) is 22.7. The third kappa shape index (κ3) is 6.51. The van der Waals surface area contributed by atoms with Crippen LogP contribution in [0, 0.1) is 0 Å². The summed E-state index contributed by atoms with van der Waals surface area (Å²) >= 11 is 0. The molecule has 0 saturated carbocycles. The predicted octanol–water partition coefficient (Wildman–Crippen LogP) is 2.60. The Labute approximate surface area is 175 Å². The number of hydrogen-bond donors (Lipinski definition) is 2. The molecule has 0 spiro atoms. The lowest BCUT2D eigenvalue weighted by Crippen LogP contribution is -2.30. The van der Waals surface area contributed by atoms with Crippen molar-refractivity contribution in [3.8, 4) is 17.2 Å². The molecule has 0 aliphatic carbocycles. The first-order valence-electron chi connectivity index (χ1n) is 9.37. The minimum atomic E-state index is -0.322. The van der Waals surface area contributed by atoms with Crippen molar-refractivity contribution in [2.45, 2.75) is 20.3 Å². The highest BCUT2D eigenvalue weighted by molar-refractivity contribution is 5.96. The highest BCUT2D eigenvalue weighted by Crippen LogP contribution is 2.28. The van der Waals surface area contributed by atoms with E-state index in [-0.39, 0.29) is 30.0 Å². The van der Waals surface area contributed by atoms with Gasteiger partial charge >= 0.3 is 0 Å². The molecule has 0 fully saturated rings. The van der Waals surface area contributed by atoms with Crippen molar-refractivity contribution in [2.24, 2.45) is 0 Å². The number of benzene rings is 2. The van der Waals surface area contributed by atoms with Gasteiger partial charge < -0.3 is 24.8 Å². The van der Waals surface area contributed by atoms with Gasteiger partial charge in [0.2, 0.25) is 5.91 Å². The molecule has 2 aromatic carbocycles. The largest absolute Gasteiger partial charge is 0.493 e. The topological polar surface area (TPSA) is 103 Å². The van der Waals surface area contributed by atoms with Crippen LogP contribution < -0.4 is 24.8 Å². The fourth-order valence-electron chi connectivity index (χ4n) is 2.73. The lowest BCUT2D eigenvalue weighted by molar-refractivity contribution is -0.123. The summed E-state index contributed by atoms with van der Waals surface area (Å²) in [4.78, 5) is 35.1. The standard InChI is InChI=1S/C22H26N2O6/c1-14(25)17-6-7-18(24-15(2)26)20(12-17)30-13-22(27)23-10-9-16-5-8-19(28-3)21(11-16)29-4/h5-8,11-12H,9-10,13H2,1-4H3,(H,23,27)(H,24,26). The number of amides is 2. The van der Waals surface area contributed by atoms with Gasteiger partial charge in [-0.3, -0.25) is 14.4 Å². The number of rotatable bonds is 10. The van der Waals surface area contributed by atoms with Gasteiger partial charge in [-0.05, 0) is 49.2 Å². The average molecular weight is 414 g/mol. The first-order chi connectivity index (χ1) is 14.3. The smallest absolute Gasteiger partial charge is 0.257 e. The zero-order valence-electron chi connectivity index (χ0n) is 17.5. The van der Waals surface area contributed by atoms with Crippen LogP contribution in [0.15, 0.2) is 36.4 Å². The maximum atomic E-state index is 12.1. The van der Waals surface area contributed by atoms with Crippen molar-refractivity contribution in [3.63, 3.8) is 0 Å². The summed E-state index contributed by atoms with van der Waals surface area (Å²) in [5.41, 5.74) is 1.80. The molecule has 0 aromatic heterocycles. The van der Waals surface area contributed by atoms with Gasteiger partial charge in [-0.1, -0.05) is 6.07 Å². The maximum absolute atomic E-state index is 12.1. The van der Waals surface area contributed by atoms with Gasteiger partial charge in [0, 0.05) is 19.0 Å². The van der Waals surface area contributed by atoms with Crippen LogP contribution in [-0.2, 0) is 16.0 Å². The molecule has 0 atom stereocenters. The number of anilines is 1. The van der Waals surface area contributed by atoms with E-state index in [1.165, 1.54) is 19.9 Å². The molecule has 30 heavy (non-hydrogen) atoms. The number of hydrogen-bond acceptors (Lipinski definition) is 6. The van der Waals surface area contributed by atoms with E-state index in [2.05, 4.69) is 10.6 Å². The summed E-state index contributed by atoms with van der Waals surface area (Å²) in [5, 5.41) is 5.39. The average Bonchev–Trinajstić information content (AvgIpc) is 2.72. The second-order valence-corrected chi connectivity index (χ2v) is 6.53. The van der Waals surface area contributed by atoms with Crippen LogP contribution >= 0.6 is 0 Å². The molecule has 2 rings (SSSR count). The zero-order chi connectivity index (χ0) is 22.1. The molecule has 2 amide bonds. The van der Waals surface area contributed by atoms with Crippen LogP contribution in [0.3, 0.4) is 0 Å². The fraction of sp³-hybridized carbons (Fsp3) is 0.318. The number of ether oxygens (including phenoxy) is 3. The number of carbonyl (C=O) groups is 3. The number of ketones is 1. The lowest BCUT2D eigenvalue weighted by Gasteiger charge is -2.13. The summed E-state index contributed by atoms with van der Waals surface area (Å²) in [6.45, 7) is 2.95. The summed E-state index contributed by atoms with van der Waals surface area (Å²) in [6, 6.07) is 10.2. The van der Waals surface area contributed by atoms with E-state index >= 15 is 0 Å². The summed E-state index contributed by atoms with van der Waals surface area (Å²) in [5.74, 6) is 0.774. The molecule has 8 heteroatoms. The summed E-state index contributed by atoms with van der Waals surface area (Å²) < 4.78 is 16.0. The van der Waals surface area contributed by atoms with Gasteiger partial charge in [0.05, 0.1) is 19.9 Å². The Morgan fingerprint density at radius 3 is 2.27 bits per heavy atom. The Bertz CT molecular complexity index is 926. The Morgan fingerprint density at radius 2 is 1.63 bits per heavy atom. The van der Waals surface area contributed by atoms with Crippen molar-refractivity contribution < 1.29 is 28.6 Å². The van der Waals surface area contributed by atoms with E-state index < -0.39 is 0 Å². The Balaban J connectivity index is 1.92. The van der Waals surface area contributed by atoms with E-state index in [1.807, 2.05) is 18.2 Å². The highest BCUT2D eigenvalue weighted by Gasteiger charge is 2.11. The van der Waals surface area contributed by atoms with Crippen LogP contribution in [0.2, 0.25) is 0 Å². The monoisotopic (exact) mass is 414 g/mol. The molecule has 0 saturated heterocycles.